The molecule has 1 saturated heterocycles. The number of carbonyl (C=O) groups is 1. The third kappa shape index (κ3) is 3.16. The molecule has 17 heavy (non-hydrogen) atoms. The first kappa shape index (κ1) is 12.3. The molecule has 1 fully saturated rings. The zero-order chi connectivity index (χ0) is 12.3. The monoisotopic (exact) mass is 231 g/mol. The van der Waals surface area contributed by atoms with E-state index in [9.17, 15) is 4.79 Å². The van der Waals surface area contributed by atoms with Crippen molar-refractivity contribution in [1.29, 1.82) is 0 Å². The zero-order valence-corrected chi connectivity index (χ0v) is 10.8. The first-order valence-corrected chi connectivity index (χ1v) is 6.48. The summed E-state index contributed by atoms with van der Waals surface area (Å²) in [4.78, 5) is 12.1. The summed E-state index contributed by atoms with van der Waals surface area (Å²) in [6, 6.07) is 6.08. The number of nitrogens with one attached hydrogen (secondary N) is 1. The van der Waals surface area contributed by atoms with E-state index >= 15 is 0 Å². The first-order chi connectivity index (χ1) is 8.16. The fourth-order valence-corrected chi connectivity index (χ4v) is 2.56. The van der Waals surface area contributed by atoms with Gasteiger partial charge in [0.25, 0.3) is 0 Å². The summed E-state index contributed by atoms with van der Waals surface area (Å²) in [6.45, 7) is 6.28. The van der Waals surface area contributed by atoms with E-state index in [1.54, 1.807) is 0 Å². The lowest BCUT2D eigenvalue weighted by atomic mass is 9.95. The van der Waals surface area contributed by atoms with Crippen LogP contribution in [0, 0.1) is 19.8 Å². The van der Waals surface area contributed by atoms with Crippen LogP contribution in [0.2, 0.25) is 0 Å². The van der Waals surface area contributed by atoms with Gasteiger partial charge in [0.1, 0.15) is 0 Å². The smallest absolute Gasteiger partial charge is 0.163 e. The molecule has 1 atom stereocenters. The van der Waals surface area contributed by atoms with Gasteiger partial charge in [0.15, 0.2) is 5.78 Å². The van der Waals surface area contributed by atoms with Crippen LogP contribution in [0.25, 0.3) is 0 Å². The number of hydrogen-bond acceptors (Lipinski definition) is 2. The Morgan fingerprint density at radius 3 is 2.88 bits per heavy atom. The normalized spacial score (nSPS) is 19.5. The van der Waals surface area contributed by atoms with Gasteiger partial charge >= 0.3 is 0 Å². The van der Waals surface area contributed by atoms with Crippen LogP contribution in [0.3, 0.4) is 0 Å². The van der Waals surface area contributed by atoms with Crippen LogP contribution in [-0.2, 0) is 0 Å². The van der Waals surface area contributed by atoms with Crippen molar-refractivity contribution in [3.05, 3.63) is 34.9 Å². The summed E-state index contributed by atoms with van der Waals surface area (Å²) in [5, 5.41) is 3.34. The molecule has 92 valence electrons. The van der Waals surface area contributed by atoms with E-state index in [0.29, 0.717) is 18.1 Å². The SMILES string of the molecule is Cc1ccc(C(=O)CCC2CCNC2)c(C)c1. The Balaban J connectivity index is 1.94. The molecule has 1 unspecified atom stereocenters. The van der Waals surface area contributed by atoms with Crippen molar-refractivity contribution in [3.63, 3.8) is 0 Å². The number of benzene rings is 1. The summed E-state index contributed by atoms with van der Waals surface area (Å²) in [6.07, 6.45) is 2.94. The van der Waals surface area contributed by atoms with Crippen molar-refractivity contribution in [3.8, 4) is 0 Å². The maximum Gasteiger partial charge on any atom is 0.163 e. The molecule has 2 heteroatoms. The van der Waals surface area contributed by atoms with Gasteiger partial charge in [0.2, 0.25) is 0 Å². The second-order valence-electron chi connectivity index (χ2n) is 5.14. The number of rotatable bonds is 4. The van der Waals surface area contributed by atoms with Crippen LogP contribution in [0.15, 0.2) is 18.2 Å². The van der Waals surface area contributed by atoms with Gasteiger partial charge in [-0.3, -0.25) is 4.79 Å². The maximum atomic E-state index is 12.1. The topological polar surface area (TPSA) is 29.1 Å². The van der Waals surface area contributed by atoms with E-state index in [0.717, 1.165) is 30.6 Å². The molecular weight excluding hydrogens is 210 g/mol. The Kier molecular flexibility index (Phi) is 3.95. The predicted molar refractivity (Wildman–Crippen MR) is 70.5 cm³/mol. The second kappa shape index (κ2) is 5.46. The minimum Gasteiger partial charge on any atom is -0.316 e. The Morgan fingerprint density at radius 2 is 2.24 bits per heavy atom. The van der Waals surface area contributed by atoms with E-state index in [2.05, 4.69) is 18.3 Å². The summed E-state index contributed by atoms with van der Waals surface area (Å²) in [7, 11) is 0. The molecule has 0 radical (unpaired) electrons. The molecule has 0 aromatic heterocycles. The van der Waals surface area contributed by atoms with Crippen molar-refractivity contribution in [1.82, 2.24) is 5.32 Å². The molecule has 0 spiro atoms. The minimum absolute atomic E-state index is 0.300. The molecule has 0 aliphatic carbocycles. The highest BCUT2D eigenvalue weighted by molar-refractivity contribution is 5.97. The van der Waals surface area contributed by atoms with Crippen molar-refractivity contribution >= 4 is 5.78 Å². The minimum atomic E-state index is 0.300. The fraction of sp³-hybridized carbons (Fsp3) is 0.533. The molecule has 2 rings (SSSR count). The molecule has 1 aromatic carbocycles. The largest absolute Gasteiger partial charge is 0.316 e. The molecular formula is C15H21NO. The lowest BCUT2D eigenvalue weighted by molar-refractivity contribution is 0.0974. The Hall–Kier alpha value is -1.15. The average molecular weight is 231 g/mol. The van der Waals surface area contributed by atoms with Gasteiger partial charge in [-0.25, -0.2) is 0 Å². The van der Waals surface area contributed by atoms with Crippen LogP contribution >= 0.6 is 0 Å². The van der Waals surface area contributed by atoms with Crippen LogP contribution < -0.4 is 5.32 Å². The van der Waals surface area contributed by atoms with Gasteiger partial charge in [-0.15, -0.1) is 0 Å². The Morgan fingerprint density at radius 1 is 1.41 bits per heavy atom. The summed E-state index contributed by atoms with van der Waals surface area (Å²) in [5.74, 6) is 0.999. The summed E-state index contributed by atoms with van der Waals surface area (Å²) in [5.41, 5.74) is 3.24. The van der Waals surface area contributed by atoms with Crippen molar-refractivity contribution in [2.24, 2.45) is 5.92 Å². The Bertz CT molecular complexity index is 405. The number of ketones is 1. The van der Waals surface area contributed by atoms with Crippen LogP contribution in [0.5, 0.6) is 0 Å². The number of aryl methyl sites for hydroxylation is 2. The van der Waals surface area contributed by atoms with Crippen molar-refractivity contribution in [2.45, 2.75) is 33.1 Å². The lowest BCUT2D eigenvalue weighted by Crippen LogP contribution is -2.11. The molecule has 0 amide bonds. The van der Waals surface area contributed by atoms with Crippen LogP contribution in [-0.4, -0.2) is 18.9 Å². The number of carbonyl (C=O) groups excluding carboxylic acids is 1. The summed E-state index contributed by atoms with van der Waals surface area (Å²) >= 11 is 0. The molecule has 1 aliphatic rings. The molecule has 0 bridgehead atoms. The van der Waals surface area contributed by atoms with Gasteiger partial charge in [-0.05, 0) is 51.3 Å². The number of Topliss-reactive ketones (excluding diaryl/α,β-unsaturated/α-hetero) is 1. The van der Waals surface area contributed by atoms with E-state index in [1.165, 1.54) is 12.0 Å². The Labute approximate surface area is 103 Å². The highest BCUT2D eigenvalue weighted by atomic mass is 16.1. The van der Waals surface area contributed by atoms with Gasteiger partial charge < -0.3 is 5.32 Å². The van der Waals surface area contributed by atoms with Gasteiger partial charge in [0, 0.05) is 12.0 Å². The first-order valence-electron chi connectivity index (χ1n) is 6.48. The quantitative estimate of drug-likeness (QED) is 0.807. The van der Waals surface area contributed by atoms with E-state index < -0.39 is 0 Å². The van der Waals surface area contributed by atoms with Crippen LogP contribution in [0.4, 0.5) is 0 Å². The number of hydrogen-bond donors (Lipinski definition) is 1. The average Bonchev–Trinajstić information content (AvgIpc) is 2.78. The predicted octanol–water partition coefficient (Wildman–Crippen LogP) is 2.88. The molecule has 1 heterocycles. The van der Waals surface area contributed by atoms with Gasteiger partial charge in [0.05, 0.1) is 0 Å². The second-order valence-corrected chi connectivity index (χ2v) is 5.14. The van der Waals surface area contributed by atoms with Crippen LogP contribution in [0.1, 0.15) is 40.7 Å². The van der Waals surface area contributed by atoms with E-state index in [1.807, 2.05) is 19.1 Å². The maximum absolute atomic E-state index is 12.1. The van der Waals surface area contributed by atoms with Crippen molar-refractivity contribution < 1.29 is 4.79 Å². The molecule has 2 nitrogen and oxygen atoms in total. The van der Waals surface area contributed by atoms with Gasteiger partial charge in [-0.2, -0.15) is 0 Å². The molecule has 1 aliphatic heterocycles. The third-order valence-electron chi connectivity index (χ3n) is 3.62. The lowest BCUT2D eigenvalue weighted by Gasteiger charge is -2.09. The highest BCUT2D eigenvalue weighted by Gasteiger charge is 2.17. The summed E-state index contributed by atoms with van der Waals surface area (Å²) < 4.78 is 0. The van der Waals surface area contributed by atoms with E-state index in [-0.39, 0.29) is 0 Å². The van der Waals surface area contributed by atoms with Gasteiger partial charge in [-0.1, -0.05) is 23.8 Å². The zero-order valence-electron chi connectivity index (χ0n) is 10.8. The highest BCUT2D eigenvalue weighted by Crippen LogP contribution is 2.18. The molecule has 1 aromatic rings. The molecule has 0 saturated carbocycles. The fourth-order valence-electron chi connectivity index (χ4n) is 2.56. The standard InChI is InChI=1S/C15H21NO/c1-11-3-5-14(12(2)9-11)15(17)6-4-13-7-8-16-10-13/h3,5,9,13,16H,4,6-8,10H2,1-2H3. The van der Waals surface area contributed by atoms with E-state index in [4.69, 9.17) is 0 Å². The third-order valence-corrected chi connectivity index (χ3v) is 3.62. The van der Waals surface area contributed by atoms with Crippen molar-refractivity contribution in [2.75, 3.05) is 13.1 Å². The molecule has 1 N–H and O–H groups in total.